The summed E-state index contributed by atoms with van der Waals surface area (Å²) in [6.07, 6.45) is -4.52. The van der Waals surface area contributed by atoms with Crippen LogP contribution >= 0.6 is 0 Å². The minimum atomic E-state index is -1.52. The van der Waals surface area contributed by atoms with Crippen LogP contribution in [-0.2, 0) is 57.2 Å². The van der Waals surface area contributed by atoms with Crippen molar-refractivity contribution in [1.82, 2.24) is 5.32 Å². The molecule has 0 fully saturated rings. The monoisotopic (exact) mass is 473 g/mol. The molecule has 1 aliphatic rings. The number of nitrogens with one attached hydrogen (secondary N) is 1. The summed E-state index contributed by atoms with van der Waals surface area (Å²) in [7, 11) is 1.08. The highest BCUT2D eigenvalue weighted by atomic mass is 16.6. The SMILES string of the molecule is COC(=O)C1=CC(OC(C)=O)C(NC(C)=O)C(C(OC(C)=O)C(COC(C)=O)OC(C)=O)O1. The average molecular weight is 473 g/mol. The van der Waals surface area contributed by atoms with Crippen LogP contribution in [0.15, 0.2) is 11.8 Å². The van der Waals surface area contributed by atoms with Gasteiger partial charge in [-0.3, -0.25) is 24.0 Å². The Morgan fingerprint density at radius 1 is 0.939 bits per heavy atom. The third-order valence-corrected chi connectivity index (χ3v) is 4.11. The summed E-state index contributed by atoms with van der Waals surface area (Å²) in [5, 5.41) is 2.51. The second-order valence-corrected chi connectivity index (χ2v) is 6.93. The molecule has 1 rings (SSSR count). The highest BCUT2D eigenvalue weighted by Crippen LogP contribution is 2.28. The van der Waals surface area contributed by atoms with Gasteiger partial charge >= 0.3 is 29.8 Å². The van der Waals surface area contributed by atoms with Crippen LogP contribution in [0.5, 0.6) is 0 Å². The van der Waals surface area contributed by atoms with Gasteiger partial charge in [-0.05, 0) is 0 Å². The van der Waals surface area contributed by atoms with Crippen molar-refractivity contribution in [2.45, 2.75) is 65.1 Å². The van der Waals surface area contributed by atoms with Crippen LogP contribution in [0.3, 0.4) is 0 Å². The number of amides is 1. The van der Waals surface area contributed by atoms with Gasteiger partial charge in [0, 0.05) is 40.7 Å². The Morgan fingerprint density at radius 2 is 1.55 bits per heavy atom. The highest BCUT2D eigenvalue weighted by Gasteiger charge is 2.49. The molecule has 0 radical (unpaired) electrons. The lowest BCUT2D eigenvalue weighted by molar-refractivity contribution is -0.191. The van der Waals surface area contributed by atoms with E-state index in [9.17, 15) is 28.8 Å². The summed E-state index contributed by atoms with van der Waals surface area (Å²) in [5.41, 5.74) is 0. The second-order valence-electron chi connectivity index (χ2n) is 6.93. The molecule has 5 unspecified atom stereocenters. The van der Waals surface area contributed by atoms with Crippen molar-refractivity contribution in [3.63, 3.8) is 0 Å². The maximum absolute atomic E-state index is 12.2. The summed E-state index contributed by atoms with van der Waals surface area (Å²) >= 11 is 0. The van der Waals surface area contributed by atoms with E-state index in [-0.39, 0.29) is 0 Å². The summed E-state index contributed by atoms with van der Waals surface area (Å²) in [4.78, 5) is 70.6. The molecule has 0 spiro atoms. The average Bonchev–Trinajstić information content (AvgIpc) is 2.68. The van der Waals surface area contributed by atoms with Crippen molar-refractivity contribution >= 4 is 35.8 Å². The fourth-order valence-electron chi connectivity index (χ4n) is 3.04. The van der Waals surface area contributed by atoms with E-state index >= 15 is 0 Å². The molecule has 0 aromatic heterocycles. The fraction of sp³-hybridized carbons (Fsp3) is 0.600. The molecule has 1 heterocycles. The van der Waals surface area contributed by atoms with Gasteiger partial charge in [-0.15, -0.1) is 0 Å². The van der Waals surface area contributed by atoms with E-state index in [1.165, 1.54) is 6.92 Å². The third kappa shape index (κ3) is 8.79. The number of hydrogen-bond donors (Lipinski definition) is 1. The van der Waals surface area contributed by atoms with Crippen molar-refractivity contribution in [3.8, 4) is 0 Å². The van der Waals surface area contributed by atoms with E-state index < -0.39 is 78.6 Å². The van der Waals surface area contributed by atoms with Gasteiger partial charge < -0.3 is 33.7 Å². The van der Waals surface area contributed by atoms with Crippen LogP contribution in [0.2, 0.25) is 0 Å². The Balaban J connectivity index is 3.58. The molecule has 0 saturated heterocycles. The van der Waals surface area contributed by atoms with Gasteiger partial charge in [-0.1, -0.05) is 0 Å². The molecule has 1 N–H and O–H groups in total. The van der Waals surface area contributed by atoms with Gasteiger partial charge in [0.05, 0.1) is 7.11 Å². The number of carbonyl (C=O) groups excluding carboxylic acids is 6. The number of methoxy groups -OCH3 is 1. The normalized spacial score (nSPS) is 21.2. The van der Waals surface area contributed by atoms with Crippen molar-refractivity contribution in [2.75, 3.05) is 13.7 Å². The number of rotatable bonds is 9. The molecule has 0 aliphatic carbocycles. The Hall–Kier alpha value is -3.64. The Labute approximate surface area is 189 Å². The van der Waals surface area contributed by atoms with E-state index in [4.69, 9.17) is 23.7 Å². The standard InChI is InChI=1S/C20H27NO12/c1-9(22)21-17-14(30-11(3)24)7-15(20(27)28-6)33-19(17)18(32-13(5)26)16(31-12(4)25)8-29-10(2)23/h7,14,16-19H,8H2,1-6H3,(H,21,22). The van der Waals surface area contributed by atoms with Gasteiger partial charge in [0.25, 0.3) is 0 Å². The molecule has 184 valence electrons. The Bertz CT molecular complexity index is 820. The maximum Gasteiger partial charge on any atom is 0.373 e. The van der Waals surface area contributed by atoms with Crippen LogP contribution in [0, 0.1) is 0 Å². The molecule has 1 aliphatic heterocycles. The predicted molar refractivity (Wildman–Crippen MR) is 106 cm³/mol. The first-order chi connectivity index (χ1) is 15.3. The van der Waals surface area contributed by atoms with E-state index in [0.717, 1.165) is 40.9 Å². The Kier molecular flexibility index (Phi) is 10.3. The van der Waals surface area contributed by atoms with Crippen LogP contribution in [-0.4, -0.2) is 79.9 Å². The van der Waals surface area contributed by atoms with Crippen molar-refractivity contribution in [1.29, 1.82) is 0 Å². The molecule has 0 aromatic carbocycles. The first-order valence-corrected chi connectivity index (χ1v) is 9.74. The summed E-state index contributed by atoms with van der Waals surface area (Å²) < 4.78 is 30.9. The lowest BCUT2D eigenvalue weighted by Gasteiger charge is -2.41. The first kappa shape index (κ1) is 27.4. The van der Waals surface area contributed by atoms with Gasteiger partial charge in [0.2, 0.25) is 11.7 Å². The quantitative estimate of drug-likeness (QED) is 0.331. The molecule has 13 nitrogen and oxygen atoms in total. The largest absolute Gasteiger partial charge is 0.477 e. The highest BCUT2D eigenvalue weighted by molar-refractivity contribution is 5.86. The molecule has 1 amide bonds. The van der Waals surface area contributed by atoms with Crippen LogP contribution < -0.4 is 5.32 Å². The second kappa shape index (κ2) is 12.4. The topological polar surface area (TPSA) is 170 Å². The van der Waals surface area contributed by atoms with E-state index in [1.54, 1.807) is 0 Å². The minimum Gasteiger partial charge on any atom is -0.477 e. The van der Waals surface area contributed by atoms with Gasteiger partial charge in [-0.25, -0.2) is 4.79 Å². The van der Waals surface area contributed by atoms with Crippen molar-refractivity contribution in [2.24, 2.45) is 0 Å². The molecule has 0 bridgehead atoms. The minimum absolute atomic E-state index is 0.415. The van der Waals surface area contributed by atoms with Crippen LogP contribution in [0.25, 0.3) is 0 Å². The van der Waals surface area contributed by atoms with Crippen molar-refractivity contribution < 1.29 is 57.2 Å². The van der Waals surface area contributed by atoms with E-state index in [2.05, 4.69) is 10.1 Å². The van der Waals surface area contributed by atoms with E-state index in [1.807, 2.05) is 0 Å². The molecule has 33 heavy (non-hydrogen) atoms. The van der Waals surface area contributed by atoms with Gasteiger partial charge in [0.1, 0.15) is 18.8 Å². The zero-order valence-electron chi connectivity index (χ0n) is 19.1. The number of ether oxygens (including phenoxy) is 6. The third-order valence-electron chi connectivity index (χ3n) is 4.11. The Morgan fingerprint density at radius 3 is 2.00 bits per heavy atom. The predicted octanol–water partition coefficient (Wildman–Crippen LogP) is -0.695. The van der Waals surface area contributed by atoms with Crippen LogP contribution in [0.1, 0.15) is 34.6 Å². The lowest BCUT2D eigenvalue weighted by atomic mass is 9.93. The fourth-order valence-corrected chi connectivity index (χ4v) is 3.04. The molecular weight excluding hydrogens is 446 g/mol. The number of esters is 5. The molecule has 0 saturated carbocycles. The lowest BCUT2D eigenvalue weighted by Crippen LogP contribution is -2.62. The number of hydrogen-bond acceptors (Lipinski definition) is 12. The maximum atomic E-state index is 12.2. The number of carbonyl (C=O) groups is 6. The van der Waals surface area contributed by atoms with E-state index in [0.29, 0.717) is 0 Å². The molecule has 0 aromatic rings. The van der Waals surface area contributed by atoms with Gasteiger partial charge in [0.15, 0.2) is 18.3 Å². The zero-order valence-corrected chi connectivity index (χ0v) is 19.1. The zero-order chi connectivity index (χ0) is 25.3. The van der Waals surface area contributed by atoms with Crippen molar-refractivity contribution in [3.05, 3.63) is 11.8 Å². The summed E-state index contributed by atoms with van der Waals surface area (Å²) in [5.74, 6) is -5.07. The molecule has 13 heteroatoms. The first-order valence-electron chi connectivity index (χ1n) is 9.74. The molecular formula is C20H27NO12. The summed E-state index contributed by atoms with van der Waals surface area (Å²) in [6.45, 7) is 4.96. The van der Waals surface area contributed by atoms with Crippen LogP contribution in [0.4, 0.5) is 0 Å². The van der Waals surface area contributed by atoms with Gasteiger partial charge in [-0.2, -0.15) is 0 Å². The summed E-state index contributed by atoms with van der Waals surface area (Å²) in [6, 6.07) is -1.21. The molecule has 5 atom stereocenters. The smallest absolute Gasteiger partial charge is 0.373 e.